The maximum atomic E-state index is 12.5. The van der Waals surface area contributed by atoms with Gasteiger partial charge in [0.05, 0.1) is 9.95 Å². The van der Waals surface area contributed by atoms with Crippen LogP contribution in [-0.4, -0.2) is 41.4 Å². The summed E-state index contributed by atoms with van der Waals surface area (Å²) in [4.78, 5) is 24.5. The molecule has 1 amide bonds. The van der Waals surface area contributed by atoms with Crippen LogP contribution >= 0.6 is 11.6 Å². The second kappa shape index (κ2) is 5.54. The Hall–Kier alpha value is -1.66. The van der Waals surface area contributed by atoms with E-state index < -0.39 is 4.92 Å². The highest BCUT2D eigenvalue weighted by Gasteiger charge is 2.30. The molecule has 0 unspecified atom stereocenters. The van der Waals surface area contributed by atoms with Crippen LogP contribution in [0.5, 0.6) is 0 Å². The molecule has 2 rings (SSSR count). The molecule has 1 aromatic rings. The van der Waals surface area contributed by atoms with E-state index in [9.17, 15) is 14.9 Å². The summed E-state index contributed by atoms with van der Waals surface area (Å²) in [6, 6.07) is 4.25. The molecule has 0 bridgehead atoms. The summed E-state index contributed by atoms with van der Waals surface area (Å²) >= 11 is 5.97. The Morgan fingerprint density at radius 3 is 2.95 bits per heavy atom. The lowest BCUT2D eigenvalue weighted by atomic mass is 10.1. The Balaban J connectivity index is 2.40. The van der Waals surface area contributed by atoms with Crippen LogP contribution in [0.3, 0.4) is 0 Å². The van der Waals surface area contributed by atoms with Gasteiger partial charge < -0.3 is 10.2 Å². The van der Waals surface area contributed by atoms with E-state index in [1.54, 1.807) is 4.90 Å². The molecule has 1 heterocycles. The number of nitrogens with one attached hydrogen (secondary N) is 1. The minimum Gasteiger partial charge on any atom is -0.333 e. The van der Waals surface area contributed by atoms with Gasteiger partial charge >= 0.3 is 0 Å². The number of hydrogen-bond donors (Lipinski definition) is 1. The first-order valence-corrected chi connectivity index (χ1v) is 6.34. The van der Waals surface area contributed by atoms with Gasteiger partial charge in [0.1, 0.15) is 5.56 Å². The molecular weight excluding hydrogens is 270 g/mol. The first-order valence-electron chi connectivity index (χ1n) is 5.97. The third kappa shape index (κ3) is 2.69. The molecule has 0 spiro atoms. The van der Waals surface area contributed by atoms with Gasteiger partial charge in [-0.25, -0.2) is 0 Å². The summed E-state index contributed by atoms with van der Waals surface area (Å²) in [6.07, 6.45) is 0. The van der Waals surface area contributed by atoms with Crippen LogP contribution in [0.1, 0.15) is 17.3 Å². The zero-order valence-electron chi connectivity index (χ0n) is 10.4. The molecule has 1 atom stereocenters. The Morgan fingerprint density at radius 2 is 2.32 bits per heavy atom. The van der Waals surface area contributed by atoms with Gasteiger partial charge in [0.2, 0.25) is 0 Å². The van der Waals surface area contributed by atoms with Crippen LogP contribution in [0, 0.1) is 10.1 Å². The molecular formula is C12H14ClN3O3. The average Bonchev–Trinajstić information content (AvgIpc) is 2.38. The maximum Gasteiger partial charge on any atom is 0.283 e. The maximum absolute atomic E-state index is 12.5. The number of carbonyl (C=O) groups is 1. The summed E-state index contributed by atoms with van der Waals surface area (Å²) in [7, 11) is 0. The first-order chi connectivity index (χ1) is 9.02. The highest BCUT2D eigenvalue weighted by molar-refractivity contribution is 6.34. The average molecular weight is 284 g/mol. The van der Waals surface area contributed by atoms with Crippen molar-refractivity contribution in [2.45, 2.75) is 13.0 Å². The lowest BCUT2D eigenvalue weighted by molar-refractivity contribution is -0.385. The van der Waals surface area contributed by atoms with Crippen LogP contribution in [0.15, 0.2) is 18.2 Å². The van der Waals surface area contributed by atoms with E-state index in [-0.39, 0.29) is 28.2 Å². The van der Waals surface area contributed by atoms with Crippen molar-refractivity contribution < 1.29 is 9.72 Å². The Morgan fingerprint density at radius 1 is 1.58 bits per heavy atom. The van der Waals surface area contributed by atoms with E-state index in [4.69, 9.17) is 11.6 Å². The van der Waals surface area contributed by atoms with Crippen molar-refractivity contribution in [3.8, 4) is 0 Å². The molecule has 7 heteroatoms. The first kappa shape index (κ1) is 13.8. The quantitative estimate of drug-likeness (QED) is 0.662. The van der Waals surface area contributed by atoms with Gasteiger partial charge in [-0.05, 0) is 13.0 Å². The predicted octanol–water partition coefficient (Wildman–Crippen LogP) is 1.68. The number of amides is 1. The number of carbonyl (C=O) groups excluding carboxylic acids is 1. The predicted molar refractivity (Wildman–Crippen MR) is 71.5 cm³/mol. The molecule has 0 radical (unpaired) electrons. The van der Waals surface area contributed by atoms with Crippen LogP contribution in [0.25, 0.3) is 0 Å². The zero-order valence-corrected chi connectivity index (χ0v) is 11.2. The monoisotopic (exact) mass is 283 g/mol. The number of rotatable bonds is 2. The Labute approximate surface area is 115 Å². The van der Waals surface area contributed by atoms with Crippen molar-refractivity contribution in [1.82, 2.24) is 10.2 Å². The minimum atomic E-state index is -0.577. The van der Waals surface area contributed by atoms with Crippen LogP contribution in [-0.2, 0) is 0 Å². The molecule has 1 aliphatic heterocycles. The van der Waals surface area contributed by atoms with Crippen LogP contribution in [0.2, 0.25) is 5.02 Å². The van der Waals surface area contributed by atoms with E-state index in [2.05, 4.69) is 5.32 Å². The standard InChI is InChI=1S/C12H14ClN3O3/c1-8-7-14-5-6-15(8)12(17)11-9(13)3-2-4-10(11)16(18)19/h2-4,8,14H,5-7H2,1H3/t8-/m1/s1. The second-order valence-corrected chi connectivity index (χ2v) is 4.85. The minimum absolute atomic E-state index is 0.0165. The third-order valence-corrected chi connectivity index (χ3v) is 3.48. The number of nitro benzene ring substituents is 1. The van der Waals surface area contributed by atoms with E-state index in [1.807, 2.05) is 6.92 Å². The fourth-order valence-corrected chi connectivity index (χ4v) is 2.41. The summed E-state index contributed by atoms with van der Waals surface area (Å²) < 4.78 is 0. The van der Waals surface area contributed by atoms with Crippen molar-refractivity contribution in [1.29, 1.82) is 0 Å². The Bertz CT molecular complexity index is 521. The number of hydrogen-bond acceptors (Lipinski definition) is 4. The number of nitrogens with zero attached hydrogens (tertiary/aromatic N) is 2. The van der Waals surface area contributed by atoms with Crippen molar-refractivity contribution in [2.24, 2.45) is 0 Å². The lowest BCUT2D eigenvalue weighted by Gasteiger charge is -2.34. The van der Waals surface area contributed by atoms with E-state index in [0.29, 0.717) is 19.6 Å². The molecule has 1 saturated heterocycles. The van der Waals surface area contributed by atoms with E-state index in [0.717, 1.165) is 0 Å². The number of nitro groups is 1. The molecule has 19 heavy (non-hydrogen) atoms. The van der Waals surface area contributed by atoms with Crippen molar-refractivity contribution in [2.75, 3.05) is 19.6 Å². The van der Waals surface area contributed by atoms with E-state index >= 15 is 0 Å². The van der Waals surface area contributed by atoms with Crippen molar-refractivity contribution in [3.63, 3.8) is 0 Å². The van der Waals surface area contributed by atoms with Gasteiger partial charge in [-0.1, -0.05) is 17.7 Å². The summed E-state index contributed by atoms with van der Waals surface area (Å²) in [5.41, 5.74) is -0.272. The molecule has 0 aliphatic carbocycles. The zero-order chi connectivity index (χ0) is 14.0. The molecule has 0 saturated carbocycles. The normalized spacial score (nSPS) is 19.3. The van der Waals surface area contributed by atoms with Gasteiger partial charge in [-0.15, -0.1) is 0 Å². The summed E-state index contributed by atoms with van der Waals surface area (Å²) in [6.45, 7) is 3.76. The van der Waals surface area contributed by atoms with Crippen molar-refractivity contribution in [3.05, 3.63) is 38.9 Å². The fourth-order valence-electron chi connectivity index (χ4n) is 2.16. The topological polar surface area (TPSA) is 75.5 Å². The van der Waals surface area contributed by atoms with Crippen LogP contribution in [0.4, 0.5) is 5.69 Å². The molecule has 102 valence electrons. The number of halogens is 1. The van der Waals surface area contributed by atoms with Gasteiger partial charge in [0, 0.05) is 31.7 Å². The van der Waals surface area contributed by atoms with Gasteiger partial charge in [0.25, 0.3) is 11.6 Å². The molecule has 1 N–H and O–H groups in total. The van der Waals surface area contributed by atoms with Gasteiger partial charge in [0.15, 0.2) is 0 Å². The molecule has 1 aliphatic rings. The smallest absolute Gasteiger partial charge is 0.283 e. The SMILES string of the molecule is C[C@@H]1CNCCN1C(=O)c1c(Cl)cccc1[N+](=O)[O-]. The van der Waals surface area contributed by atoms with E-state index in [1.165, 1.54) is 18.2 Å². The Kier molecular flexibility index (Phi) is 4.01. The fraction of sp³-hybridized carbons (Fsp3) is 0.417. The molecule has 1 aromatic carbocycles. The third-order valence-electron chi connectivity index (χ3n) is 3.16. The molecule has 1 fully saturated rings. The lowest BCUT2D eigenvalue weighted by Crippen LogP contribution is -2.52. The second-order valence-electron chi connectivity index (χ2n) is 4.44. The van der Waals surface area contributed by atoms with Gasteiger partial charge in [-0.2, -0.15) is 0 Å². The number of benzene rings is 1. The molecule has 6 nitrogen and oxygen atoms in total. The highest BCUT2D eigenvalue weighted by atomic mass is 35.5. The van der Waals surface area contributed by atoms with Gasteiger partial charge in [-0.3, -0.25) is 14.9 Å². The number of piperazine rings is 1. The van der Waals surface area contributed by atoms with Crippen LogP contribution < -0.4 is 5.32 Å². The highest BCUT2D eigenvalue weighted by Crippen LogP contribution is 2.28. The summed E-state index contributed by atoms with van der Waals surface area (Å²) in [5, 5.41) is 14.3. The molecule has 0 aromatic heterocycles. The largest absolute Gasteiger partial charge is 0.333 e. The summed E-state index contributed by atoms with van der Waals surface area (Å²) in [5.74, 6) is -0.383. The van der Waals surface area contributed by atoms with Crippen molar-refractivity contribution >= 4 is 23.2 Å².